The second kappa shape index (κ2) is 5.32. The normalized spacial score (nSPS) is 28.2. The van der Waals surface area contributed by atoms with E-state index in [4.69, 9.17) is 0 Å². The number of thioether (sulfide) groups is 1. The van der Waals surface area contributed by atoms with Gasteiger partial charge in [-0.3, -0.25) is 4.79 Å². The van der Waals surface area contributed by atoms with Crippen LogP contribution in [0.15, 0.2) is 12.2 Å². The lowest BCUT2D eigenvalue weighted by molar-refractivity contribution is -0.117. The average Bonchev–Trinajstić information content (AvgIpc) is 2.52. The van der Waals surface area contributed by atoms with Crippen molar-refractivity contribution in [2.45, 2.75) is 37.5 Å². The van der Waals surface area contributed by atoms with Gasteiger partial charge >= 0.3 is 0 Å². The summed E-state index contributed by atoms with van der Waals surface area (Å²) in [6, 6.07) is 0.404. The Hall–Kier alpha value is -0.440. The standard InChI is InChI=1S/C10H17NOS/c1-3-4-10(12)11-8-5-6-9(7-8)13-2/h3-4,8-9H,5-7H2,1-2H3,(H,11,12)/b4-3+. The molecular formula is C10H17NOS. The Labute approximate surface area is 84.2 Å². The van der Waals surface area contributed by atoms with Gasteiger partial charge in [0.25, 0.3) is 0 Å². The van der Waals surface area contributed by atoms with Crippen molar-refractivity contribution < 1.29 is 4.79 Å². The maximum absolute atomic E-state index is 11.2. The summed E-state index contributed by atoms with van der Waals surface area (Å²) in [6.45, 7) is 1.86. The minimum Gasteiger partial charge on any atom is -0.350 e. The molecule has 0 aromatic carbocycles. The van der Waals surface area contributed by atoms with Crippen molar-refractivity contribution in [2.75, 3.05) is 6.26 Å². The van der Waals surface area contributed by atoms with Gasteiger partial charge < -0.3 is 5.32 Å². The van der Waals surface area contributed by atoms with E-state index in [0.29, 0.717) is 6.04 Å². The van der Waals surface area contributed by atoms with Gasteiger partial charge in [-0.15, -0.1) is 0 Å². The molecule has 1 fully saturated rings. The van der Waals surface area contributed by atoms with Crippen LogP contribution < -0.4 is 5.32 Å². The molecule has 2 unspecified atom stereocenters. The molecular weight excluding hydrogens is 182 g/mol. The van der Waals surface area contributed by atoms with Gasteiger partial charge in [0.15, 0.2) is 0 Å². The summed E-state index contributed by atoms with van der Waals surface area (Å²) in [5, 5.41) is 3.75. The predicted octanol–water partition coefficient (Wildman–Crippen LogP) is 1.96. The zero-order chi connectivity index (χ0) is 9.68. The van der Waals surface area contributed by atoms with Crippen LogP contribution in [0, 0.1) is 0 Å². The smallest absolute Gasteiger partial charge is 0.243 e. The molecule has 0 radical (unpaired) electrons. The van der Waals surface area contributed by atoms with Gasteiger partial charge in [0.1, 0.15) is 0 Å². The van der Waals surface area contributed by atoms with E-state index >= 15 is 0 Å². The number of carbonyl (C=O) groups is 1. The number of rotatable bonds is 3. The zero-order valence-corrected chi connectivity index (χ0v) is 9.06. The van der Waals surface area contributed by atoms with Crippen LogP contribution in [0.4, 0.5) is 0 Å². The summed E-state index contributed by atoms with van der Waals surface area (Å²) in [5.41, 5.74) is 0. The van der Waals surface area contributed by atoms with Gasteiger partial charge in [-0.25, -0.2) is 0 Å². The number of hydrogen-bond acceptors (Lipinski definition) is 2. The molecule has 0 heterocycles. The van der Waals surface area contributed by atoms with Crippen LogP contribution in [-0.2, 0) is 4.79 Å². The molecule has 1 N–H and O–H groups in total. The molecule has 3 heteroatoms. The summed E-state index contributed by atoms with van der Waals surface area (Å²) in [7, 11) is 0. The summed E-state index contributed by atoms with van der Waals surface area (Å²) in [5.74, 6) is 0.0502. The van der Waals surface area contributed by atoms with Crippen LogP contribution >= 0.6 is 11.8 Å². The molecule has 1 rings (SSSR count). The van der Waals surface area contributed by atoms with Crippen molar-refractivity contribution in [3.05, 3.63) is 12.2 Å². The van der Waals surface area contributed by atoms with Crippen molar-refractivity contribution in [1.29, 1.82) is 0 Å². The fourth-order valence-corrected chi connectivity index (χ4v) is 2.48. The molecule has 13 heavy (non-hydrogen) atoms. The molecule has 74 valence electrons. The van der Waals surface area contributed by atoms with E-state index in [0.717, 1.165) is 18.1 Å². The quantitative estimate of drug-likeness (QED) is 0.704. The first kappa shape index (κ1) is 10.6. The van der Waals surface area contributed by atoms with Crippen LogP contribution in [0.1, 0.15) is 26.2 Å². The average molecular weight is 199 g/mol. The second-order valence-electron chi connectivity index (χ2n) is 3.38. The van der Waals surface area contributed by atoms with Crippen LogP contribution in [-0.4, -0.2) is 23.5 Å². The molecule has 2 nitrogen and oxygen atoms in total. The summed E-state index contributed by atoms with van der Waals surface area (Å²) >= 11 is 1.91. The molecule has 1 amide bonds. The van der Waals surface area contributed by atoms with Crippen LogP contribution in [0.5, 0.6) is 0 Å². The highest BCUT2D eigenvalue weighted by Gasteiger charge is 2.24. The SMILES string of the molecule is C/C=C/C(=O)NC1CCC(SC)C1. The van der Waals surface area contributed by atoms with E-state index in [1.807, 2.05) is 18.7 Å². The first-order chi connectivity index (χ1) is 6.26. The van der Waals surface area contributed by atoms with Crippen LogP contribution in [0.25, 0.3) is 0 Å². The van der Waals surface area contributed by atoms with Crippen molar-refractivity contribution >= 4 is 17.7 Å². The number of nitrogens with one attached hydrogen (secondary N) is 1. The van der Waals surface area contributed by atoms with Crippen molar-refractivity contribution in [3.8, 4) is 0 Å². The van der Waals surface area contributed by atoms with Gasteiger partial charge in [0, 0.05) is 11.3 Å². The van der Waals surface area contributed by atoms with Gasteiger partial charge in [-0.2, -0.15) is 11.8 Å². The lowest BCUT2D eigenvalue weighted by Gasteiger charge is -2.10. The Bertz CT molecular complexity index is 203. The molecule has 0 aromatic heterocycles. The van der Waals surface area contributed by atoms with Crippen molar-refractivity contribution in [2.24, 2.45) is 0 Å². The fraction of sp³-hybridized carbons (Fsp3) is 0.700. The third kappa shape index (κ3) is 3.43. The highest BCUT2D eigenvalue weighted by Crippen LogP contribution is 2.27. The zero-order valence-electron chi connectivity index (χ0n) is 8.25. The molecule has 0 bridgehead atoms. The molecule has 0 aliphatic heterocycles. The predicted molar refractivity (Wildman–Crippen MR) is 57.9 cm³/mol. The molecule has 1 aliphatic carbocycles. The van der Waals surface area contributed by atoms with Crippen LogP contribution in [0.3, 0.4) is 0 Å². The number of hydrogen-bond donors (Lipinski definition) is 1. The molecule has 1 aliphatic rings. The lowest BCUT2D eigenvalue weighted by Crippen LogP contribution is -2.31. The topological polar surface area (TPSA) is 29.1 Å². The van der Waals surface area contributed by atoms with Gasteiger partial charge in [0.2, 0.25) is 5.91 Å². The first-order valence-electron chi connectivity index (χ1n) is 4.72. The van der Waals surface area contributed by atoms with E-state index in [1.165, 1.54) is 6.42 Å². The minimum absolute atomic E-state index is 0.0502. The molecule has 0 aromatic rings. The van der Waals surface area contributed by atoms with E-state index in [9.17, 15) is 4.79 Å². The number of carbonyl (C=O) groups excluding carboxylic acids is 1. The van der Waals surface area contributed by atoms with E-state index < -0.39 is 0 Å². The van der Waals surface area contributed by atoms with E-state index in [1.54, 1.807) is 12.2 Å². The Kier molecular flexibility index (Phi) is 4.36. The summed E-state index contributed by atoms with van der Waals surface area (Å²) in [4.78, 5) is 11.2. The molecule has 2 atom stereocenters. The number of allylic oxidation sites excluding steroid dienone is 1. The van der Waals surface area contributed by atoms with Crippen LogP contribution in [0.2, 0.25) is 0 Å². The highest BCUT2D eigenvalue weighted by molar-refractivity contribution is 7.99. The first-order valence-corrected chi connectivity index (χ1v) is 6.01. The third-order valence-corrected chi connectivity index (χ3v) is 3.48. The van der Waals surface area contributed by atoms with Crippen molar-refractivity contribution in [3.63, 3.8) is 0 Å². The summed E-state index contributed by atoms with van der Waals surface area (Å²) in [6.07, 6.45) is 9.00. The molecule has 0 spiro atoms. The molecule has 1 saturated carbocycles. The highest BCUT2D eigenvalue weighted by atomic mass is 32.2. The van der Waals surface area contributed by atoms with Gasteiger partial charge in [-0.05, 0) is 38.5 Å². The lowest BCUT2D eigenvalue weighted by atomic mass is 10.2. The maximum Gasteiger partial charge on any atom is 0.243 e. The maximum atomic E-state index is 11.2. The van der Waals surface area contributed by atoms with Gasteiger partial charge in [0.05, 0.1) is 0 Å². The largest absolute Gasteiger partial charge is 0.350 e. The van der Waals surface area contributed by atoms with Gasteiger partial charge in [-0.1, -0.05) is 6.08 Å². The van der Waals surface area contributed by atoms with E-state index in [-0.39, 0.29) is 5.91 Å². The van der Waals surface area contributed by atoms with E-state index in [2.05, 4.69) is 11.6 Å². The second-order valence-corrected chi connectivity index (χ2v) is 4.51. The Balaban J connectivity index is 2.27. The summed E-state index contributed by atoms with van der Waals surface area (Å²) < 4.78 is 0. The Morgan fingerprint density at radius 3 is 2.85 bits per heavy atom. The minimum atomic E-state index is 0.0502. The monoisotopic (exact) mass is 199 g/mol. The third-order valence-electron chi connectivity index (χ3n) is 2.38. The Morgan fingerprint density at radius 1 is 1.54 bits per heavy atom. The Morgan fingerprint density at radius 2 is 2.31 bits per heavy atom. The molecule has 0 saturated heterocycles. The van der Waals surface area contributed by atoms with Crippen molar-refractivity contribution in [1.82, 2.24) is 5.32 Å². The fourth-order valence-electron chi connectivity index (χ4n) is 1.69. The number of amides is 1.